The number of amides is 1. The van der Waals surface area contributed by atoms with E-state index in [0.29, 0.717) is 27.9 Å². The molecule has 0 saturated heterocycles. The van der Waals surface area contributed by atoms with Crippen LogP contribution >= 0.6 is 23.2 Å². The number of carbonyl (C=O) groups is 2. The van der Waals surface area contributed by atoms with Crippen LogP contribution in [0.5, 0.6) is 5.75 Å². The average Bonchev–Trinajstić information content (AvgIpc) is 2.66. The molecule has 2 aromatic carbocycles. The predicted octanol–water partition coefficient (Wildman–Crippen LogP) is 3.37. The van der Waals surface area contributed by atoms with Crippen LogP contribution in [-0.4, -0.2) is 33.0 Å². The van der Waals surface area contributed by atoms with Crippen molar-refractivity contribution in [2.45, 2.75) is 30.8 Å². The molecule has 8 nitrogen and oxygen atoms in total. The number of hydrogen-bond donors (Lipinski definition) is 2. The normalized spacial score (nSPS) is 12.1. The molecule has 2 rings (SSSR count). The highest BCUT2D eigenvalue weighted by atomic mass is 35.5. The lowest BCUT2D eigenvalue weighted by molar-refractivity contribution is -0.153. The van der Waals surface area contributed by atoms with Crippen LogP contribution in [0.2, 0.25) is 10.0 Å². The molecular formula is C19H20Cl2N2O6S. The third-order valence-corrected chi connectivity index (χ3v) is 5.26. The summed E-state index contributed by atoms with van der Waals surface area (Å²) in [6, 6.07) is 10.1. The van der Waals surface area contributed by atoms with E-state index in [9.17, 15) is 18.0 Å². The summed E-state index contributed by atoms with van der Waals surface area (Å²) < 4.78 is 33.0. The van der Waals surface area contributed by atoms with Crippen LogP contribution < -0.4 is 15.2 Å². The third kappa shape index (κ3) is 7.49. The van der Waals surface area contributed by atoms with Crippen LogP contribution in [0.25, 0.3) is 0 Å². The zero-order chi connectivity index (χ0) is 22.3. The van der Waals surface area contributed by atoms with Crippen molar-refractivity contribution < 1.29 is 27.5 Å². The Morgan fingerprint density at radius 3 is 2.40 bits per heavy atom. The van der Waals surface area contributed by atoms with E-state index in [2.05, 4.69) is 5.32 Å². The van der Waals surface area contributed by atoms with Gasteiger partial charge in [-0.15, -0.1) is 0 Å². The van der Waals surface area contributed by atoms with Gasteiger partial charge in [-0.3, -0.25) is 9.59 Å². The summed E-state index contributed by atoms with van der Waals surface area (Å²) in [6.07, 6.45) is -0.630. The Morgan fingerprint density at radius 1 is 1.13 bits per heavy atom. The zero-order valence-corrected chi connectivity index (χ0v) is 18.3. The molecule has 0 aliphatic heterocycles. The molecule has 0 bridgehead atoms. The molecule has 0 fully saturated rings. The minimum Gasteiger partial charge on any atom is -0.492 e. The first-order chi connectivity index (χ1) is 14.1. The van der Waals surface area contributed by atoms with Gasteiger partial charge in [-0.2, -0.15) is 0 Å². The number of hydrogen-bond acceptors (Lipinski definition) is 6. The number of rotatable bonds is 9. The van der Waals surface area contributed by atoms with Gasteiger partial charge >= 0.3 is 5.97 Å². The predicted molar refractivity (Wildman–Crippen MR) is 113 cm³/mol. The molecule has 0 heterocycles. The highest BCUT2D eigenvalue weighted by Crippen LogP contribution is 2.27. The van der Waals surface area contributed by atoms with Gasteiger partial charge in [0.1, 0.15) is 5.75 Å². The molecule has 0 aliphatic carbocycles. The van der Waals surface area contributed by atoms with Gasteiger partial charge in [-0.1, -0.05) is 23.2 Å². The van der Waals surface area contributed by atoms with Gasteiger partial charge in [-0.05, 0) is 55.8 Å². The fourth-order valence-corrected chi connectivity index (χ4v) is 3.25. The van der Waals surface area contributed by atoms with Crippen molar-refractivity contribution in [2.75, 3.05) is 11.9 Å². The van der Waals surface area contributed by atoms with E-state index >= 15 is 0 Å². The fourth-order valence-electron chi connectivity index (χ4n) is 2.27. The Hall–Kier alpha value is -2.33. The Balaban J connectivity index is 1.74. The molecule has 1 unspecified atom stereocenters. The number of esters is 1. The smallest absolute Gasteiger partial charge is 0.306 e. The van der Waals surface area contributed by atoms with E-state index in [-0.39, 0.29) is 17.9 Å². The molecule has 1 atom stereocenters. The summed E-state index contributed by atoms with van der Waals surface area (Å²) in [7, 11) is -3.82. The number of anilines is 1. The van der Waals surface area contributed by atoms with E-state index in [1.807, 2.05) is 0 Å². The maximum absolute atomic E-state index is 12.1. The Morgan fingerprint density at radius 2 is 1.80 bits per heavy atom. The second-order valence-electron chi connectivity index (χ2n) is 6.22. The topological polar surface area (TPSA) is 125 Å². The van der Waals surface area contributed by atoms with E-state index in [0.717, 1.165) is 0 Å². The lowest BCUT2D eigenvalue weighted by Crippen LogP contribution is -2.30. The van der Waals surface area contributed by atoms with Gasteiger partial charge in [0.2, 0.25) is 10.0 Å². The zero-order valence-electron chi connectivity index (χ0n) is 15.9. The second-order valence-corrected chi connectivity index (χ2v) is 8.62. The number of halogens is 2. The highest BCUT2D eigenvalue weighted by molar-refractivity contribution is 7.89. The average molecular weight is 475 g/mol. The summed E-state index contributed by atoms with van der Waals surface area (Å²) in [5.74, 6) is -0.667. The monoisotopic (exact) mass is 474 g/mol. The van der Waals surface area contributed by atoms with E-state index in [1.165, 1.54) is 31.2 Å². The molecular weight excluding hydrogens is 455 g/mol. The van der Waals surface area contributed by atoms with E-state index < -0.39 is 28.0 Å². The van der Waals surface area contributed by atoms with Crippen LogP contribution in [0.15, 0.2) is 47.4 Å². The maximum Gasteiger partial charge on any atom is 0.306 e. The molecule has 2 aromatic rings. The van der Waals surface area contributed by atoms with Crippen molar-refractivity contribution in [3.8, 4) is 5.75 Å². The molecule has 0 aromatic heterocycles. The number of ether oxygens (including phenoxy) is 2. The number of nitrogens with one attached hydrogen (secondary N) is 1. The number of carbonyl (C=O) groups excluding carboxylic acids is 2. The summed E-state index contributed by atoms with van der Waals surface area (Å²) in [6.45, 7) is 1.66. The van der Waals surface area contributed by atoms with E-state index in [1.54, 1.807) is 18.2 Å². The van der Waals surface area contributed by atoms with Crippen LogP contribution in [0.3, 0.4) is 0 Å². The molecule has 0 spiro atoms. The Bertz CT molecular complexity index is 1010. The first-order valence-corrected chi connectivity index (χ1v) is 11.1. The standard InChI is InChI=1S/C19H20Cl2N2O6S/c1-12(19(25)23-14-5-7-15(8-6-14)30(22,26)27)29-18(24)3-2-10-28-17-9-4-13(20)11-16(17)21/h4-9,11-12H,2-3,10H2,1H3,(H,23,25)(H2,22,26,27). The van der Waals surface area contributed by atoms with Gasteiger partial charge in [0.25, 0.3) is 5.91 Å². The van der Waals surface area contributed by atoms with Crippen molar-refractivity contribution in [3.63, 3.8) is 0 Å². The number of primary sulfonamides is 1. The Labute approximate surface area is 184 Å². The summed E-state index contributed by atoms with van der Waals surface area (Å²) in [4.78, 5) is 24.0. The molecule has 0 aliphatic rings. The van der Waals surface area contributed by atoms with E-state index in [4.69, 9.17) is 37.8 Å². The van der Waals surface area contributed by atoms with Crippen molar-refractivity contribution >= 4 is 50.8 Å². The van der Waals surface area contributed by atoms with Gasteiger partial charge in [0.05, 0.1) is 16.5 Å². The van der Waals surface area contributed by atoms with Gasteiger partial charge < -0.3 is 14.8 Å². The molecule has 11 heteroatoms. The molecule has 162 valence electrons. The van der Waals surface area contributed by atoms with Gasteiger partial charge in [0, 0.05) is 17.1 Å². The van der Waals surface area contributed by atoms with Crippen molar-refractivity contribution in [2.24, 2.45) is 5.14 Å². The van der Waals surface area contributed by atoms with Crippen molar-refractivity contribution in [1.82, 2.24) is 0 Å². The molecule has 0 saturated carbocycles. The van der Waals surface area contributed by atoms with Crippen molar-refractivity contribution in [3.05, 3.63) is 52.5 Å². The van der Waals surface area contributed by atoms with Crippen LogP contribution in [0.4, 0.5) is 5.69 Å². The minimum absolute atomic E-state index is 0.0475. The quantitative estimate of drug-likeness (QED) is 0.423. The summed E-state index contributed by atoms with van der Waals surface area (Å²) in [5.41, 5.74) is 0.337. The maximum atomic E-state index is 12.1. The second kappa shape index (κ2) is 10.6. The number of benzene rings is 2. The number of sulfonamides is 1. The molecule has 1 amide bonds. The lowest BCUT2D eigenvalue weighted by Gasteiger charge is -2.14. The summed E-state index contributed by atoms with van der Waals surface area (Å²) >= 11 is 11.8. The SMILES string of the molecule is CC(OC(=O)CCCOc1ccc(Cl)cc1Cl)C(=O)Nc1ccc(S(N)(=O)=O)cc1. The molecule has 30 heavy (non-hydrogen) atoms. The molecule has 0 radical (unpaired) electrons. The third-order valence-electron chi connectivity index (χ3n) is 3.80. The van der Waals surface area contributed by atoms with Gasteiger partial charge in [-0.25, -0.2) is 13.6 Å². The molecule has 3 N–H and O–H groups in total. The summed E-state index contributed by atoms with van der Waals surface area (Å²) in [5, 5.41) is 8.39. The lowest BCUT2D eigenvalue weighted by atomic mass is 10.3. The number of nitrogens with two attached hydrogens (primary N) is 1. The van der Waals surface area contributed by atoms with Crippen molar-refractivity contribution in [1.29, 1.82) is 0 Å². The Kier molecular flexibility index (Phi) is 8.48. The van der Waals surface area contributed by atoms with Crippen LogP contribution in [0, 0.1) is 0 Å². The van der Waals surface area contributed by atoms with Crippen LogP contribution in [-0.2, 0) is 24.3 Å². The first kappa shape index (κ1) is 23.9. The van der Waals surface area contributed by atoms with Gasteiger partial charge in [0.15, 0.2) is 6.10 Å². The largest absolute Gasteiger partial charge is 0.492 e. The minimum atomic E-state index is -3.82. The first-order valence-electron chi connectivity index (χ1n) is 8.77. The highest BCUT2D eigenvalue weighted by Gasteiger charge is 2.18. The van der Waals surface area contributed by atoms with Crippen LogP contribution in [0.1, 0.15) is 19.8 Å². The fraction of sp³-hybridized carbons (Fsp3) is 0.263.